The molecule has 0 bridgehead atoms. The van der Waals surface area contributed by atoms with E-state index in [9.17, 15) is 5.11 Å². The molecule has 1 aliphatic heterocycles. The van der Waals surface area contributed by atoms with Gasteiger partial charge in [-0.25, -0.2) is 4.57 Å². The Morgan fingerprint density at radius 3 is 2.62 bits per heavy atom. The van der Waals surface area contributed by atoms with E-state index in [4.69, 9.17) is 0 Å². The minimum absolute atomic E-state index is 0.0352. The lowest BCUT2D eigenvalue weighted by Gasteiger charge is -2.58. The highest BCUT2D eigenvalue weighted by Gasteiger charge is 2.60. The van der Waals surface area contributed by atoms with Gasteiger partial charge < -0.3 is 9.59 Å². The number of hydrogen-bond donors (Lipinski definition) is 1. The van der Waals surface area contributed by atoms with Crippen molar-refractivity contribution < 1.29 is 14.2 Å². The summed E-state index contributed by atoms with van der Waals surface area (Å²) in [5.74, 6) is 2.14. The molecule has 3 nitrogen and oxygen atoms in total. The van der Waals surface area contributed by atoms with Crippen LogP contribution >= 0.6 is 0 Å². The summed E-state index contributed by atoms with van der Waals surface area (Å²) in [5, 5.41) is 11.6. The molecule has 3 saturated carbocycles. The monoisotopic (exact) mass is 462 g/mol. The van der Waals surface area contributed by atoms with Crippen LogP contribution in [0.25, 0.3) is 6.08 Å². The Labute approximate surface area is 207 Å². The molecule has 0 aromatic carbocycles. The first-order chi connectivity index (χ1) is 16.2. The topological polar surface area (TPSA) is 24.1 Å². The van der Waals surface area contributed by atoms with Crippen LogP contribution in [0, 0.1) is 28.6 Å². The molecular formula is C31H46N2O+2. The van der Waals surface area contributed by atoms with Gasteiger partial charge in [0.1, 0.15) is 7.05 Å². The van der Waals surface area contributed by atoms with Gasteiger partial charge in [0, 0.05) is 49.3 Å². The summed E-state index contributed by atoms with van der Waals surface area (Å²) in [5.41, 5.74) is 4.71. The molecule has 184 valence electrons. The van der Waals surface area contributed by atoms with Crippen LogP contribution in [0.4, 0.5) is 0 Å². The average Bonchev–Trinajstić information content (AvgIpc) is 3.37. The maximum Gasteiger partial charge on any atom is 0.204 e. The number of hydrogen-bond acceptors (Lipinski definition) is 1. The summed E-state index contributed by atoms with van der Waals surface area (Å²) in [4.78, 5) is 0. The predicted molar refractivity (Wildman–Crippen MR) is 138 cm³/mol. The smallest absolute Gasteiger partial charge is 0.204 e. The molecule has 0 unspecified atom stereocenters. The standard InChI is InChI=1S/C31H46N2O/c1-30-14-12-25(33(4)17-7-8-18-33)21-23(30)10-11-26-27(30)13-15-31(2)28(26)20-22(29(31)34)19-24-9-5-6-16-32(24)3/h5-6,9-10,16,19,25-29,34H,7-8,11-15,17-18,20-21H2,1-4H3/q+2/b22-19+/t25-,26+,27-,28-,29-,30-,31-/m0/s1. The van der Waals surface area contributed by atoms with E-state index in [0.29, 0.717) is 11.3 Å². The Balaban J connectivity index is 1.28. The zero-order valence-electron chi connectivity index (χ0n) is 22.0. The van der Waals surface area contributed by atoms with Gasteiger partial charge in [0.2, 0.25) is 5.69 Å². The van der Waals surface area contributed by atoms with Crippen molar-refractivity contribution >= 4 is 6.08 Å². The van der Waals surface area contributed by atoms with Crippen LogP contribution in [0.5, 0.6) is 0 Å². The number of aliphatic hydroxyl groups is 1. The van der Waals surface area contributed by atoms with Crippen LogP contribution in [-0.2, 0) is 7.05 Å². The van der Waals surface area contributed by atoms with Gasteiger partial charge in [-0.15, -0.1) is 0 Å². The largest absolute Gasteiger partial charge is 0.388 e. The third kappa shape index (κ3) is 3.33. The lowest BCUT2D eigenvalue weighted by molar-refractivity contribution is -0.923. The normalized spacial score (nSPS) is 44.3. The predicted octanol–water partition coefficient (Wildman–Crippen LogP) is 5.44. The number of aliphatic hydroxyl groups excluding tert-OH is 1. The van der Waals surface area contributed by atoms with Crippen LogP contribution in [0.2, 0.25) is 0 Å². The Morgan fingerprint density at radius 1 is 1.06 bits per heavy atom. The lowest BCUT2D eigenvalue weighted by atomic mass is 9.47. The zero-order chi connectivity index (χ0) is 23.7. The van der Waals surface area contributed by atoms with Crippen molar-refractivity contribution in [1.29, 1.82) is 0 Å². The number of pyridine rings is 1. The van der Waals surface area contributed by atoms with Gasteiger partial charge in [0.15, 0.2) is 6.20 Å². The number of rotatable bonds is 2. The van der Waals surface area contributed by atoms with E-state index in [2.05, 4.69) is 69.1 Å². The SMILES string of the molecule is C[n+]1ccccc1/C=C1\C[C@H]2[C@@H]3CC=C4C[C@@H]([N+]5(C)CCCC5)CC[C@]4(C)[C@H]3CC[C@]2(C)[C@H]1O. The van der Waals surface area contributed by atoms with Crippen LogP contribution in [0.1, 0.15) is 77.3 Å². The molecule has 1 aromatic rings. The van der Waals surface area contributed by atoms with E-state index in [1.54, 1.807) is 0 Å². The molecule has 7 atom stereocenters. The number of allylic oxidation sites excluding steroid dienone is 1. The van der Waals surface area contributed by atoms with Crippen LogP contribution < -0.4 is 4.57 Å². The van der Waals surface area contributed by atoms with Gasteiger partial charge >= 0.3 is 0 Å². The van der Waals surface area contributed by atoms with Crippen molar-refractivity contribution in [2.75, 3.05) is 20.1 Å². The van der Waals surface area contributed by atoms with E-state index < -0.39 is 0 Å². The van der Waals surface area contributed by atoms with Gasteiger partial charge in [-0.05, 0) is 66.9 Å². The number of nitrogens with zero attached hydrogens (tertiary/aromatic N) is 2. The number of aromatic nitrogens is 1. The highest BCUT2D eigenvalue weighted by atomic mass is 16.3. The van der Waals surface area contributed by atoms with Crippen LogP contribution in [0.3, 0.4) is 0 Å². The summed E-state index contributed by atoms with van der Waals surface area (Å²) >= 11 is 0. The second-order valence-corrected chi connectivity index (χ2v) is 13.4. The van der Waals surface area contributed by atoms with Crippen LogP contribution in [0.15, 0.2) is 41.6 Å². The van der Waals surface area contributed by atoms with E-state index in [1.807, 2.05) is 5.57 Å². The number of quaternary nitrogens is 1. The molecular weight excluding hydrogens is 416 g/mol. The molecule has 1 aromatic heterocycles. The Morgan fingerprint density at radius 2 is 1.85 bits per heavy atom. The Kier molecular flexibility index (Phi) is 5.43. The van der Waals surface area contributed by atoms with Crippen molar-refractivity contribution in [3.8, 4) is 0 Å². The molecule has 1 saturated heterocycles. The minimum Gasteiger partial charge on any atom is -0.388 e. The first kappa shape index (κ1) is 23.0. The molecule has 0 spiro atoms. The van der Waals surface area contributed by atoms with Crippen molar-refractivity contribution in [2.45, 2.75) is 83.8 Å². The first-order valence-corrected chi connectivity index (χ1v) is 14.1. The summed E-state index contributed by atoms with van der Waals surface area (Å²) in [6.07, 6.45) is 18.6. The molecule has 3 heteroatoms. The lowest BCUT2D eigenvalue weighted by Crippen LogP contribution is -2.56. The summed E-state index contributed by atoms with van der Waals surface area (Å²) in [7, 11) is 4.65. The van der Waals surface area contributed by atoms with Crippen molar-refractivity contribution in [3.63, 3.8) is 0 Å². The number of fused-ring (bicyclic) bond motifs is 5. The van der Waals surface area contributed by atoms with Crippen molar-refractivity contribution in [3.05, 3.63) is 47.3 Å². The molecule has 2 heterocycles. The second kappa shape index (κ2) is 8.03. The second-order valence-electron chi connectivity index (χ2n) is 13.4. The Hall–Kier alpha value is -1.45. The highest BCUT2D eigenvalue weighted by Crippen LogP contribution is 2.66. The summed E-state index contributed by atoms with van der Waals surface area (Å²) < 4.78 is 3.50. The minimum atomic E-state index is -0.299. The quantitative estimate of drug-likeness (QED) is 0.353. The third-order valence-corrected chi connectivity index (χ3v) is 11.8. The first-order valence-electron chi connectivity index (χ1n) is 14.1. The molecule has 0 radical (unpaired) electrons. The van der Waals surface area contributed by atoms with Gasteiger partial charge in [-0.3, -0.25) is 0 Å². The maximum atomic E-state index is 11.6. The highest BCUT2D eigenvalue weighted by molar-refractivity contribution is 5.50. The maximum absolute atomic E-state index is 11.6. The molecule has 4 aliphatic carbocycles. The summed E-state index contributed by atoms with van der Waals surface area (Å²) in [6, 6.07) is 7.20. The Bertz CT molecular complexity index is 1020. The molecule has 0 amide bonds. The van der Waals surface area contributed by atoms with E-state index in [0.717, 1.165) is 24.3 Å². The van der Waals surface area contributed by atoms with Crippen molar-refractivity contribution in [1.82, 2.24) is 0 Å². The fourth-order valence-electron chi connectivity index (χ4n) is 9.47. The molecule has 34 heavy (non-hydrogen) atoms. The van der Waals surface area contributed by atoms with Crippen LogP contribution in [-0.4, -0.2) is 41.9 Å². The van der Waals surface area contributed by atoms with Gasteiger partial charge in [-0.2, -0.15) is 0 Å². The fraction of sp³-hybridized carbons (Fsp3) is 0.710. The van der Waals surface area contributed by atoms with Crippen molar-refractivity contribution in [2.24, 2.45) is 35.6 Å². The summed E-state index contributed by atoms with van der Waals surface area (Å²) in [6.45, 7) is 7.83. The zero-order valence-corrected chi connectivity index (χ0v) is 22.0. The van der Waals surface area contributed by atoms with E-state index in [-0.39, 0.29) is 11.5 Å². The molecule has 4 fully saturated rings. The fourth-order valence-corrected chi connectivity index (χ4v) is 9.47. The van der Waals surface area contributed by atoms with Gasteiger partial charge in [0.25, 0.3) is 0 Å². The van der Waals surface area contributed by atoms with E-state index >= 15 is 0 Å². The third-order valence-electron chi connectivity index (χ3n) is 11.8. The molecule has 6 rings (SSSR count). The molecule has 5 aliphatic rings. The van der Waals surface area contributed by atoms with E-state index in [1.165, 1.54) is 80.2 Å². The van der Waals surface area contributed by atoms with Gasteiger partial charge in [0.05, 0.1) is 32.3 Å². The average molecular weight is 463 g/mol. The number of likely N-dealkylation sites (tertiary alicyclic amines) is 1. The molecule has 1 N–H and O–H groups in total. The number of aryl methyl sites for hydroxylation is 1. The van der Waals surface area contributed by atoms with Gasteiger partial charge in [-0.1, -0.05) is 25.5 Å².